The van der Waals surface area contributed by atoms with Crippen molar-refractivity contribution in [2.75, 3.05) is 18.5 Å². The first-order chi connectivity index (χ1) is 9.99. The van der Waals surface area contributed by atoms with Gasteiger partial charge in [-0.1, -0.05) is 19.3 Å². The minimum Gasteiger partial charge on any atom is -0.374 e. The van der Waals surface area contributed by atoms with E-state index in [4.69, 9.17) is 0 Å². The summed E-state index contributed by atoms with van der Waals surface area (Å²) in [6.45, 7) is 2.31. The summed E-state index contributed by atoms with van der Waals surface area (Å²) in [6, 6.07) is 4.81. The first-order valence-corrected chi connectivity index (χ1v) is 7.49. The van der Waals surface area contributed by atoms with Gasteiger partial charge < -0.3 is 4.90 Å². The lowest BCUT2D eigenvalue weighted by Gasteiger charge is -2.28. The van der Waals surface area contributed by atoms with Gasteiger partial charge in [0.1, 0.15) is 0 Å². The number of Topliss-reactive ketones (excluding diaryl/α,β-unsaturated/α-hetero) is 1. The van der Waals surface area contributed by atoms with Crippen LogP contribution in [-0.4, -0.2) is 24.3 Å². The van der Waals surface area contributed by atoms with Gasteiger partial charge in [0, 0.05) is 25.3 Å². The SMILES string of the molecule is CC(=O)c1cc(N(C)CC2CCCCC2)ccc1[N+](=O)[O-]. The first-order valence-electron chi connectivity index (χ1n) is 7.49. The zero-order valence-electron chi connectivity index (χ0n) is 12.7. The zero-order chi connectivity index (χ0) is 15.4. The summed E-state index contributed by atoms with van der Waals surface area (Å²) in [6.07, 6.45) is 6.40. The zero-order valence-corrected chi connectivity index (χ0v) is 12.7. The molecule has 1 saturated carbocycles. The highest BCUT2D eigenvalue weighted by Crippen LogP contribution is 2.28. The largest absolute Gasteiger partial charge is 0.374 e. The molecule has 0 spiro atoms. The lowest BCUT2D eigenvalue weighted by atomic mass is 9.89. The summed E-state index contributed by atoms with van der Waals surface area (Å²) in [5.74, 6) is 0.411. The van der Waals surface area contributed by atoms with Gasteiger partial charge >= 0.3 is 0 Å². The average molecular weight is 290 g/mol. The Hall–Kier alpha value is -1.91. The van der Waals surface area contributed by atoms with E-state index < -0.39 is 4.92 Å². The number of hydrogen-bond acceptors (Lipinski definition) is 4. The van der Waals surface area contributed by atoms with Crippen LogP contribution in [0.1, 0.15) is 49.4 Å². The Bertz CT molecular complexity index is 536. The molecule has 0 unspecified atom stereocenters. The van der Waals surface area contributed by atoms with Crippen molar-refractivity contribution < 1.29 is 9.72 Å². The van der Waals surface area contributed by atoms with E-state index in [0.29, 0.717) is 5.92 Å². The molecule has 0 heterocycles. The maximum Gasteiger partial charge on any atom is 0.280 e. The number of hydrogen-bond donors (Lipinski definition) is 0. The lowest BCUT2D eigenvalue weighted by Crippen LogP contribution is -2.27. The quantitative estimate of drug-likeness (QED) is 0.470. The number of nitro benzene ring substituents is 1. The third kappa shape index (κ3) is 3.80. The number of anilines is 1. The molecule has 0 saturated heterocycles. The molecule has 5 nitrogen and oxygen atoms in total. The van der Waals surface area contributed by atoms with Gasteiger partial charge in [-0.15, -0.1) is 0 Å². The standard InChI is InChI=1S/C16H22N2O3/c1-12(19)15-10-14(8-9-16(15)18(20)21)17(2)11-13-6-4-3-5-7-13/h8-10,13H,3-7,11H2,1-2H3. The number of nitrogens with zero attached hydrogens (tertiary/aromatic N) is 2. The second-order valence-electron chi connectivity index (χ2n) is 5.90. The van der Waals surface area contributed by atoms with Gasteiger partial charge in [-0.3, -0.25) is 14.9 Å². The van der Waals surface area contributed by atoms with Crippen LogP contribution < -0.4 is 4.90 Å². The number of ketones is 1. The Balaban J connectivity index is 2.17. The van der Waals surface area contributed by atoms with Crippen LogP contribution in [-0.2, 0) is 0 Å². The van der Waals surface area contributed by atoms with E-state index >= 15 is 0 Å². The molecule has 0 bridgehead atoms. The topological polar surface area (TPSA) is 63.5 Å². The van der Waals surface area contributed by atoms with Gasteiger partial charge in [-0.25, -0.2) is 0 Å². The molecule has 1 aromatic rings. The fourth-order valence-corrected chi connectivity index (χ4v) is 3.07. The molecule has 2 rings (SSSR count). The number of carbonyl (C=O) groups excluding carboxylic acids is 1. The van der Waals surface area contributed by atoms with Crippen LogP contribution in [0.25, 0.3) is 0 Å². The van der Waals surface area contributed by atoms with Crippen LogP contribution in [0.5, 0.6) is 0 Å². The fraction of sp³-hybridized carbons (Fsp3) is 0.562. The molecule has 0 atom stereocenters. The number of nitro groups is 1. The maximum absolute atomic E-state index is 11.6. The van der Waals surface area contributed by atoms with Crippen molar-refractivity contribution in [3.8, 4) is 0 Å². The molecule has 5 heteroatoms. The average Bonchev–Trinajstić information content (AvgIpc) is 2.47. The van der Waals surface area contributed by atoms with E-state index in [1.54, 1.807) is 12.1 Å². The molecule has 114 valence electrons. The van der Waals surface area contributed by atoms with Gasteiger partial charge in [0.25, 0.3) is 5.69 Å². The predicted octanol–water partition coefficient (Wildman–Crippen LogP) is 3.81. The van der Waals surface area contributed by atoms with Gasteiger partial charge in [0.2, 0.25) is 0 Å². The Morgan fingerprint density at radius 2 is 2.00 bits per heavy atom. The van der Waals surface area contributed by atoms with Crippen molar-refractivity contribution in [2.45, 2.75) is 39.0 Å². The molecule has 0 N–H and O–H groups in total. The lowest BCUT2D eigenvalue weighted by molar-refractivity contribution is -0.385. The molecule has 1 fully saturated rings. The van der Waals surface area contributed by atoms with E-state index in [2.05, 4.69) is 4.90 Å². The van der Waals surface area contributed by atoms with Gasteiger partial charge in [0.15, 0.2) is 5.78 Å². The molecule has 21 heavy (non-hydrogen) atoms. The molecular formula is C16H22N2O3. The summed E-state index contributed by atoms with van der Waals surface area (Å²) in [5, 5.41) is 11.0. The van der Waals surface area contributed by atoms with Crippen LogP contribution in [0.15, 0.2) is 18.2 Å². The summed E-state index contributed by atoms with van der Waals surface area (Å²) in [5.41, 5.74) is 0.946. The van der Waals surface area contributed by atoms with E-state index in [0.717, 1.165) is 12.2 Å². The van der Waals surface area contributed by atoms with E-state index in [1.165, 1.54) is 45.1 Å². The summed E-state index contributed by atoms with van der Waals surface area (Å²) in [4.78, 5) is 24.2. The summed E-state index contributed by atoms with van der Waals surface area (Å²) in [7, 11) is 1.99. The molecule has 1 aliphatic carbocycles. The third-order valence-electron chi connectivity index (χ3n) is 4.25. The van der Waals surface area contributed by atoms with Crippen LogP contribution in [0.2, 0.25) is 0 Å². The monoisotopic (exact) mass is 290 g/mol. The Labute approximate surface area is 125 Å². The van der Waals surface area contributed by atoms with Gasteiger partial charge in [-0.05, 0) is 37.8 Å². The van der Waals surface area contributed by atoms with Crippen molar-refractivity contribution >= 4 is 17.2 Å². The highest BCUT2D eigenvalue weighted by atomic mass is 16.6. The molecule has 0 radical (unpaired) electrons. The molecule has 0 aliphatic heterocycles. The minimum atomic E-state index is -0.498. The second kappa shape index (κ2) is 6.70. The Kier molecular flexibility index (Phi) is 4.94. The number of rotatable bonds is 5. The van der Waals surface area contributed by atoms with Crippen LogP contribution in [0.3, 0.4) is 0 Å². The number of benzene rings is 1. The first kappa shape index (κ1) is 15.5. The summed E-state index contributed by atoms with van der Waals surface area (Å²) >= 11 is 0. The van der Waals surface area contributed by atoms with E-state index in [9.17, 15) is 14.9 Å². The van der Waals surface area contributed by atoms with Crippen molar-refractivity contribution in [1.29, 1.82) is 0 Å². The smallest absolute Gasteiger partial charge is 0.280 e. The maximum atomic E-state index is 11.6. The van der Waals surface area contributed by atoms with Gasteiger partial charge in [0.05, 0.1) is 10.5 Å². The minimum absolute atomic E-state index is 0.114. The molecular weight excluding hydrogens is 268 g/mol. The predicted molar refractivity (Wildman–Crippen MR) is 82.9 cm³/mol. The molecule has 0 amide bonds. The van der Waals surface area contributed by atoms with Crippen molar-refractivity contribution in [3.05, 3.63) is 33.9 Å². The number of carbonyl (C=O) groups is 1. The molecule has 0 aromatic heterocycles. The fourth-order valence-electron chi connectivity index (χ4n) is 3.07. The Morgan fingerprint density at radius 1 is 1.33 bits per heavy atom. The van der Waals surface area contributed by atoms with Crippen molar-refractivity contribution in [2.24, 2.45) is 5.92 Å². The van der Waals surface area contributed by atoms with Crippen LogP contribution in [0.4, 0.5) is 11.4 Å². The van der Waals surface area contributed by atoms with Gasteiger partial charge in [-0.2, -0.15) is 0 Å². The highest BCUT2D eigenvalue weighted by Gasteiger charge is 2.20. The van der Waals surface area contributed by atoms with E-state index in [-0.39, 0.29) is 17.0 Å². The van der Waals surface area contributed by atoms with Crippen LogP contribution in [0, 0.1) is 16.0 Å². The Morgan fingerprint density at radius 3 is 2.57 bits per heavy atom. The molecule has 1 aromatic carbocycles. The van der Waals surface area contributed by atoms with Crippen LogP contribution >= 0.6 is 0 Å². The summed E-state index contributed by atoms with van der Waals surface area (Å²) < 4.78 is 0. The normalized spacial score (nSPS) is 15.7. The van der Waals surface area contributed by atoms with Crippen molar-refractivity contribution in [1.82, 2.24) is 0 Å². The van der Waals surface area contributed by atoms with Crippen molar-refractivity contribution in [3.63, 3.8) is 0 Å². The second-order valence-corrected chi connectivity index (χ2v) is 5.90. The van der Waals surface area contributed by atoms with E-state index in [1.807, 2.05) is 7.05 Å². The third-order valence-corrected chi connectivity index (χ3v) is 4.25. The highest BCUT2D eigenvalue weighted by molar-refractivity contribution is 5.99. The molecule has 1 aliphatic rings.